The van der Waals surface area contributed by atoms with Crippen LogP contribution in [0.2, 0.25) is 0 Å². The molecule has 2 unspecified atom stereocenters. The molecule has 2 saturated carbocycles. The number of rotatable bonds is 11. The summed E-state index contributed by atoms with van der Waals surface area (Å²) in [5.74, 6) is -3.15. The van der Waals surface area contributed by atoms with Crippen LogP contribution in [-0.2, 0) is 26.8 Å². The van der Waals surface area contributed by atoms with Gasteiger partial charge in [-0.05, 0) is 105 Å². The number of halogens is 5. The molecule has 3 fully saturated rings. The van der Waals surface area contributed by atoms with Crippen molar-refractivity contribution >= 4 is 22.7 Å². The van der Waals surface area contributed by atoms with Crippen molar-refractivity contribution in [2.24, 2.45) is 23.2 Å². The normalized spacial score (nSPS) is 30.3. The molecule has 0 aromatic heterocycles. The molecule has 4 aliphatic rings. The number of Topliss-reactive ketones (excluding diaryl/α,β-unsaturated/α-hetero) is 1. The van der Waals surface area contributed by atoms with Crippen molar-refractivity contribution in [1.29, 1.82) is 0 Å². The molecule has 0 bridgehead atoms. The molecule has 1 heterocycles. The SMILES string of the molecule is COc1cc2c(cc1OC(=O)OC1CCN(C)C1)C[C@@H](CCCS(=O)CCCC(F)(F)C(F)(F)F)[C@@H]1[C@@H]2CC[C@]2(C)C(=O)CC[C@@H]12. The Kier molecular flexibility index (Phi) is 10.4. The van der Waals surface area contributed by atoms with Crippen molar-refractivity contribution < 1.29 is 50.0 Å². The maximum atomic E-state index is 13.3. The van der Waals surface area contributed by atoms with Crippen molar-refractivity contribution in [3.63, 3.8) is 0 Å². The third-order valence-electron chi connectivity index (χ3n) is 10.9. The number of methoxy groups -OCH3 is 1. The minimum absolute atomic E-state index is 0.127. The molecule has 1 saturated heterocycles. The predicted molar refractivity (Wildman–Crippen MR) is 162 cm³/mol. The molecule has 46 heavy (non-hydrogen) atoms. The summed E-state index contributed by atoms with van der Waals surface area (Å²) in [4.78, 5) is 27.8. The molecule has 0 radical (unpaired) electrons. The quantitative estimate of drug-likeness (QED) is 0.141. The first-order chi connectivity index (χ1) is 21.6. The average molecular weight is 678 g/mol. The highest BCUT2D eigenvalue weighted by Gasteiger charge is 2.57. The number of carbonyl (C=O) groups is 2. The molecule has 5 rings (SSSR count). The standard InChI is InChI=1S/C33H44F5NO6S/c1-31-12-9-23-24-18-26(43-3)27(45-30(41)44-22-10-13-39(2)19-22)17-21(24)16-20(29(23)25(31)7-8-28(31)40)6-4-14-46(42)15-5-11-32(34,35)33(36,37)38/h17-18,20,22-23,25,29H,4-16,19H2,1-3H3/t20-,22?,23-,25+,29-,31+,46?/m1/s1. The predicted octanol–water partition coefficient (Wildman–Crippen LogP) is 7.07. The van der Waals surface area contributed by atoms with Gasteiger partial charge in [0.1, 0.15) is 11.9 Å². The summed E-state index contributed by atoms with van der Waals surface area (Å²) in [6.07, 6.45) is -3.00. The van der Waals surface area contributed by atoms with E-state index in [0.717, 1.165) is 43.4 Å². The Morgan fingerprint density at radius 1 is 1.09 bits per heavy atom. The van der Waals surface area contributed by atoms with E-state index in [-0.39, 0.29) is 47.0 Å². The van der Waals surface area contributed by atoms with Crippen molar-refractivity contribution in [1.82, 2.24) is 4.90 Å². The topological polar surface area (TPSA) is 82.1 Å². The zero-order valence-corrected chi connectivity index (χ0v) is 27.5. The summed E-state index contributed by atoms with van der Waals surface area (Å²) in [5.41, 5.74) is 1.74. The lowest BCUT2D eigenvalue weighted by Gasteiger charge is -2.51. The Hall–Kier alpha value is -2.28. The third-order valence-corrected chi connectivity index (χ3v) is 12.4. The van der Waals surface area contributed by atoms with Crippen molar-refractivity contribution in [3.8, 4) is 11.5 Å². The van der Waals surface area contributed by atoms with Gasteiger partial charge in [0.2, 0.25) is 0 Å². The van der Waals surface area contributed by atoms with E-state index in [0.29, 0.717) is 43.8 Å². The third kappa shape index (κ3) is 7.24. The molecule has 7 atom stereocenters. The number of carbonyl (C=O) groups excluding carboxylic acids is 2. The first-order valence-corrected chi connectivity index (χ1v) is 17.7. The van der Waals surface area contributed by atoms with E-state index in [1.54, 1.807) is 0 Å². The lowest BCUT2D eigenvalue weighted by atomic mass is 9.52. The van der Waals surface area contributed by atoms with Crippen LogP contribution in [0, 0.1) is 23.2 Å². The highest BCUT2D eigenvalue weighted by molar-refractivity contribution is 7.84. The summed E-state index contributed by atoms with van der Waals surface area (Å²) in [6.45, 7) is 3.54. The van der Waals surface area contributed by atoms with Gasteiger partial charge < -0.3 is 19.1 Å². The van der Waals surface area contributed by atoms with Gasteiger partial charge in [0.05, 0.1) is 7.11 Å². The van der Waals surface area contributed by atoms with Crippen LogP contribution in [0.4, 0.5) is 26.7 Å². The van der Waals surface area contributed by atoms with Gasteiger partial charge in [0.25, 0.3) is 0 Å². The second-order valence-electron chi connectivity index (χ2n) is 13.8. The number of alkyl halides is 5. The van der Waals surface area contributed by atoms with Crippen LogP contribution in [0.15, 0.2) is 12.1 Å². The van der Waals surface area contributed by atoms with Gasteiger partial charge in [0, 0.05) is 53.7 Å². The second kappa shape index (κ2) is 13.7. The number of hydrogen-bond acceptors (Lipinski definition) is 7. The van der Waals surface area contributed by atoms with Gasteiger partial charge in [-0.3, -0.25) is 9.00 Å². The van der Waals surface area contributed by atoms with E-state index in [9.17, 15) is 35.8 Å². The van der Waals surface area contributed by atoms with Gasteiger partial charge in [-0.2, -0.15) is 22.0 Å². The number of likely N-dealkylation sites (N-methyl/N-ethyl adjacent to an activating group) is 1. The van der Waals surface area contributed by atoms with E-state index in [4.69, 9.17) is 14.2 Å². The van der Waals surface area contributed by atoms with Crippen molar-refractivity contribution in [3.05, 3.63) is 23.3 Å². The Balaban J connectivity index is 1.30. The fourth-order valence-electron chi connectivity index (χ4n) is 8.53. The number of benzene rings is 1. The molecule has 1 aliphatic heterocycles. The molecule has 7 nitrogen and oxygen atoms in total. The van der Waals surface area contributed by atoms with Crippen LogP contribution in [-0.4, -0.2) is 78.0 Å². The molecule has 0 spiro atoms. The maximum Gasteiger partial charge on any atom is 0.514 e. The number of ketones is 1. The lowest BCUT2D eigenvalue weighted by molar-refractivity contribution is -0.284. The van der Waals surface area contributed by atoms with Gasteiger partial charge in [-0.1, -0.05) is 6.92 Å². The maximum absolute atomic E-state index is 13.3. The van der Waals surface area contributed by atoms with Crippen LogP contribution in [0.3, 0.4) is 0 Å². The number of nitrogens with zero attached hydrogens (tertiary/aromatic N) is 1. The molecule has 1 aromatic carbocycles. The lowest BCUT2D eigenvalue weighted by Crippen LogP contribution is -2.46. The number of hydrogen-bond donors (Lipinski definition) is 0. The first-order valence-electron chi connectivity index (χ1n) is 16.2. The monoisotopic (exact) mass is 677 g/mol. The van der Waals surface area contributed by atoms with Crippen LogP contribution in [0.1, 0.15) is 81.8 Å². The van der Waals surface area contributed by atoms with E-state index in [2.05, 4.69) is 11.8 Å². The van der Waals surface area contributed by atoms with E-state index >= 15 is 0 Å². The van der Waals surface area contributed by atoms with Crippen LogP contribution in [0.5, 0.6) is 11.5 Å². The van der Waals surface area contributed by atoms with Gasteiger partial charge >= 0.3 is 18.3 Å². The molecule has 3 aliphatic carbocycles. The summed E-state index contributed by atoms with van der Waals surface area (Å²) >= 11 is 0. The Labute approximate surface area is 269 Å². The summed E-state index contributed by atoms with van der Waals surface area (Å²) in [5, 5.41) is 0. The molecule has 0 amide bonds. The van der Waals surface area contributed by atoms with Crippen molar-refractivity contribution in [2.45, 2.75) is 95.3 Å². The fraction of sp³-hybridized carbons (Fsp3) is 0.758. The van der Waals surface area contributed by atoms with E-state index in [1.807, 2.05) is 19.2 Å². The second-order valence-corrected chi connectivity index (χ2v) is 15.5. The zero-order valence-electron chi connectivity index (χ0n) is 26.6. The molecular formula is C33H44F5NO6S. The van der Waals surface area contributed by atoms with Gasteiger partial charge in [0.15, 0.2) is 11.5 Å². The molecular weight excluding hydrogens is 633 g/mol. The highest BCUT2D eigenvalue weighted by Crippen LogP contribution is 2.62. The first kappa shape index (κ1) is 35.0. The number of fused-ring (bicyclic) bond motifs is 5. The fourth-order valence-corrected chi connectivity index (χ4v) is 9.68. The van der Waals surface area contributed by atoms with Crippen LogP contribution >= 0.6 is 0 Å². The largest absolute Gasteiger partial charge is 0.514 e. The van der Waals surface area contributed by atoms with Crippen LogP contribution in [0.25, 0.3) is 0 Å². The summed E-state index contributed by atoms with van der Waals surface area (Å²) < 4.78 is 93.5. The smallest absolute Gasteiger partial charge is 0.493 e. The highest BCUT2D eigenvalue weighted by atomic mass is 32.2. The Morgan fingerprint density at radius 3 is 2.50 bits per heavy atom. The average Bonchev–Trinajstić information content (AvgIpc) is 3.52. The number of ether oxygens (including phenoxy) is 3. The molecule has 13 heteroatoms. The van der Waals surface area contributed by atoms with Crippen molar-refractivity contribution in [2.75, 3.05) is 38.8 Å². The number of likely N-dealkylation sites (tertiary alicyclic amines) is 1. The summed E-state index contributed by atoms with van der Waals surface area (Å²) in [7, 11) is 1.95. The summed E-state index contributed by atoms with van der Waals surface area (Å²) in [6, 6.07) is 3.78. The Bertz CT molecular complexity index is 1320. The van der Waals surface area contributed by atoms with Gasteiger partial charge in [-0.25, -0.2) is 4.79 Å². The zero-order chi connectivity index (χ0) is 33.4. The molecule has 258 valence electrons. The van der Waals surface area contributed by atoms with E-state index < -0.39 is 47.3 Å². The van der Waals surface area contributed by atoms with Crippen LogP contribution < -0.4 is 9.47 Å². The minimum Gasteiger partial charge on any atom is -0.493 e. The molecule has 1 aromatic rings. The minimum atomic E-state index is -5.61. The van der Waals surface area contributed by atoms with E-state index in [1.165, 1.54) is 7.11 Å². The van der Waals surface area contributed by atoms with Gasteiger partial charge in [-0.15, -0.1) is 0 Å². The molecule has 0 N–H and O–H groups in total. The Morgan fingerprint density at radius 2 is 1.83 bits per heavy atom.